The largest absolute Gasteiger partial charge is 0.385 e. The Hall–Kier alpha value is -1.64. The van der Waals surface area contributed by atoms with E-state index in [0.717, 1.165) is 37.9 Å². The topological polar surface area (TPSA) is 32.3 Å². The van der Waals surface area contributed by atoms with Gasteiger partial charge in [0.05, 0.1) is 5.60 Å². The fraction of sp³-hybridized carbons (Fsp3) is 0.333. The average Bonchev–Trinajstić information content (AvgIpc) is 2.49. The molecule has 1 aliphatic rings. The normalized spacial score (nSPS) is 17.9. The first-order chi connectivity index (χ1) is 9.78. The third-order valence-electron chi connectivity index (χ3n) is 4.19. The van der Waals surface area contributed by atoms with Crippen LogP contribution in [0, 0.1) is 0 Å². The molecule has 0 radical (unpaired) electrons. The molecule has 3 rings (SSSR count). The molecule has 2 nitrogen and oxygen atoms in total. The van der Waals surface area contributed by atoms with Crippen molar-refractivity contribution >= 4 is 0 Å². The lowest BCUT2D eigenvalue weighted by molar-refractivity contribution is 0.00523. The Kier molecular flexibility index (Phi) is 3.86. The summed E-state index contributed by atoms with van der Waals surface area (Å²) in [6.07, 6.45) is 2.46. The van der Waals surface area contributed by atoms with Crippen LogP contribution in [0.4, 0.5) is 0 Å². The summed E-state index contributed by atoms with van der Waals surface area (Å²) in [6, 6.07) is 18.8. The Morgan fingerprint density at radius 3 is 2.30 bits per heavy atom. The van der Waals surface area contributed by atoms with E-state index in [4.69, 9.17) is 0 Å². The molecule has 1 saturated heterocycles. The van der Waals surface area contributed by atoms with Crippen molar-refractivity contribution in [3.05, 3.63) is 71.3 Å². The van der Waals surface area contributed by atoms with Crippen molar-refractivity contribution in [1.82, 2.24) is 5.32 Å². The van der Waals surface area contributed by atoms with Crippen LogP contribution in [-0.2, 0) is 12.0 Å². The summed E-state index contributed by atoms with van der Waals surface area (Å²) in [5, 5.41) is 14.3. The molecule has 20 heavy (non-hydrogen) atoms. The second-order valence-corrected chi connectivity index (χ2v) is 5.60. The predicted molar refractivity (Wildman–Crippen MR) is 81.7 cm³/mol. The van der Waals surface area contributed by atoms with Crippen LogP contribution < -0.4 is 5.32 Å². The van der Waals surface area contributed by atoms with E-state index in [1.165, 1.54) is 11.1 Å². The van der Waals surface area contributed by atoms with E-state index in [9.17, 15) is 5.11 Å². The van der Waals surface area contributed by atoms with Crippen LogP contribution in [0.15, 0.2) is 54.6 Å². The van der Waals surface area contributed by atoms with E-state index < -0.39 is 5.60 Å². The minimum atomic E-state index is -0.670. The van der Waals surface area contributed by atoms with Gasteiger partial charge in [-0.15, -0.1) is 0 Å². The van der Waals surface area contributed by atoms with Crippen molar-refractivity contribution < 1.29 is 5.11 Å². The van der Waals surface area contributed by atoms with Crippen molar-refractivity contribution in [2.75, 3.05) is 13.1 Å². The van der Waals surface area contributed by atoms with Crippen LogP contribution in [0.2, 0.25) is 0 Å². The first-order valence-electron chi connectivity index (χ1n) is 7.33. The Bertz CT molecular complexity index is 559. The van der Waals surface area contributed by atoms with Crippen molar-refractivity contribution in [3.8, 4) is 0 Å². The molecule has 0 atom stereocenters. The van der Waals surface area contributed by atoms with Gasteiger partial charge in [0.25, 0.3) is 0 Å². The molecule has 0 unspecified atom stereocenters. The maximum absolute atomic E-state index is 11.0. The van der Waals surface area contributed by atoms with Gasteiger partial charge in [-0.25, -0.2) is 0 Å². The fourth-order valence-electron chi connectivity index (χ4n) is 3.05. The van der Waals surface area contributed by atoms with Crippen LogP contribution in [0.25, 0.3) is 0 Å². The summed E-state index contributed by atoms with van der Waals surface area (Å²) in [4.78, 5) is 0. The summed E-state index contributed by atoms with van der Waals surface area (Å²) >= 11 is 0. The zero-order valence-electron chi connectivity index (χ0n) is 11.7. The van der Waals surface area contributed by atoms with Crippen LogP contribution in [0.1, 0.15) is 29.5 Å². The Balaban J connectivity index is 1.92. The highest BCUT2D eigenvalue weighted by molar-refractivity contribution is 5.37. The highest BCUT2D eigenvalue weighted by Gasteiger charge is 2.32. The molecule has 0 bridgehead atoms. The Labute approximate surface area is 120 Å². The van der Waals surface area contributed by atoms with Gasteiger partial charge in [0.15, 0.2) is 0 Å². The van der Waals surface area contributed by atoms with E-state index in [1.807, 2.05) is 12.1 Å². The predicted octanol–water partition coefficient (Wildman–Crippen LogP) is 2.85. The number of rotatable bonds is 3. The summed E-state index contributed by atoms with van der Waals surface area (Å²) in [6.45, 7) is 1.77. The molecule has 0 aliphatic carbocycles. The number of hydrogen-bond acceptors (Lipinski definition) is 2. The minimum Gasteiger partial charge on any atom is -0.385 e. The molecule has 0 spiro atoms. The second kappa shape index (κ2) is 5.78. The van der Waals surface area contributed by atoms with Gasteiger partial charge in [-0.1, -0.05) is 54.6 Å². The van der Waals surface area contributed by atoms with Crippen LogP contribution in [-0.4, -0.2) is 18.2 Å². The fourth-order valence-corrected chi connectivity index (χ4v) is 3.05. The van der Waals surface area contributed by atoms with Crippen LogP contribution >= 0.6 is 0 Å². The quantitative estimate of drug-likeness (QED) is 0.896. The smallest absolute Gasteiger partial charge is 0.0923 e. The first kappa shape index (κ1) is 13.3. The maximum atomic E-state index is 11.0. The van der Waals surface area contributed by atoms with Crippen molar-refractivity contribution in [1.29, 1.82) is 0 Å². The van der Waals surface area contributed by atoms with Gasteiger partial charge >= 0.3 is 0 Å². The molecule has 0 saturated carbocycles. The molecule has 1 heterocycles. The van der Waals surface area contributed by atoms with Gasteiger partial charge in [-0.2, -0.15) is 0 Å². The zero-order valence-corrected chi connectivity index (χ0v) is 11.7. The molecular weight excluding hydrogens is 246 g/mol. The monoisotopic (exact) mass is 267 g/mol. The van der Waals surface area contributed by atoms with Gasteiger partial charge in [0.2, 0.25) is 0 Å². The lowest BCUT2D eigenvalue weighted by atomic mass is 9.81. The molecule has 0 amide bonds. The Morgan fingerprint density at radius 2 is 1.55 bits per heavy atom. The average molecular weight is 267 g/mol. The van der Waals surface area contributed by atoms with Crippen molar-refractivity contribution in [2.45, 2.75) is 24.9 Å². The Morgan fingerprint density at radius 1 is 0.900 bits per heavy atom. The summed E-state index contributed by atoms with van der Waals surface area (Å²) < 4.78 is 0. The van der Waals surface area contributed by atoms with Gasteiger partial charge in [-0.3, -0.25) is 0 Å². The molecule has 2 aromatic rings. The molecule has 1 aliphatic heterocycles. The van der Waals surface area contributed by atoms with E-state index in [1.54, 1.807) is 0 Å². The number of benzene rings is 2. The van der Waals surface area contributed by atoms with Gasteiger partial charge in [-0.05, 0) is 49.0 Å². The third kappa shape index (κ3) is 2.77. The van der Waals surface area contributed by atoms with E-state index >= 15 is 0 Å². The van der Waals surface area contributed by atoms with E-state index in [-0.39, 0.29) is 0 Å². The second-order valence-electron chi connectivity index (χ2n) is 5.60. The molecule has 0 aromatic heterocycles. The lowest BCUT2D eigenvalue weighted by Gasteiger charge is -2.34. The van der Waals surface area contributed by atoms with Crippen molar-refractivity contribution in [3.63, 3.8) is 0 Å². The van der Waals surface area contributed by atoms with Gasteiger partial charge in [0, 0.05) is 0 Å². The molecule has 2 N–H and O–H groups in total. The third-order valence-corrected chi connectivity index (χ3v) is 4.19. The first-order valence-corrected chi connectivity index (χ1v) is 7.33. The maximum Gasteiger partial charge on any atom is 0.0923 e. The number of piperidine rings is 1. The van der Waals surface area contributed by atoms with E-state index in [0.29, 0.717) is 0 Å². The summed E-state index contributed by atoms with van der Waals surface area (Å²) in [5.74, 6) is 0. The standard InChI is InChI=1S/C18H21NO/c20-18(10-12-19-13-11-18)17-9-5-4-8-16(17)14-15-6-2-1-3-7-15/h1-9,19-20H,10-14H2. The minimum absolute atomic E-state index is 0.670. The molecule has 104 valence electrons. The molecule has 1 fully saturated rings. The molecular formula is C18H21NO. The van der Waals surface area contributed by atoms with Crippen LogP contribution in [0.5, 0.6) is 0 Å². The highest BCUT2D eigenvalue weighted by Crippen LogP contribution is 2.33. The van der Waals surface area contributed by atoms with Gasteiger partial charge < -0.3 is 10.4 Å². The molecule has 2 heteroatoms. The highest BCUT2D eigenvalue weighted by atomic mass is 16.3. The number of aliphatic hydroxyl groups is 1. The SMILES string of the molecule is OC1(c2ccccc2Cc2ccccc2)CCNCC1. The van der Waals surface area contributed by atoms with Crippen LogP contribution in [0.3, 0.4) is 0 Å². The number of hydrogen-bond donors (Lipinski definition) is 2. The van der Waals surface area contributed by atoms with E-state index in [2.05, 4.69) is 47.8 Å². The summed E-state index contributed by atoms with van der Waals surface area (Å²) in [5.41, 5.74) is 2.96. The lowest BCUT2D eigenvalue weighted by Crippen LogP contribution is -2.40. The van der Waals surface area contributed by atoms with Gasteiger partial charge in [0.1, 0.15) is 0 Å². The summed E-state index contributed by atoms with van der Waals surface area (Å²) in [7, 11) is 0. The molecule has 2 aromatic carbocycles. The zero-order chi connectivity index (χ0) is 13.8. The van der Waals surface area contributed by atoms with Crippen molar-refractivity contribution in [2.24, 2.45) is 0 Å². The number of nitrogens with one attached hydrogen (secondary N) is 1.